The maximum absolute atomic E-state index is 12.9. The summed E-state index contributed by atoms with van der Waals surface area (Å²) in [4.78, 5) is 12.6. The maximum Gasteiger partial charge on any atom is 0.408 e. The van der Waals surface area contributed by atoms with Crippen molar-refractivity contribution in [3.05, 3.63) is 46.3 Å². The van der Waals surface area contributed by atoms with Crippen molar-refractivity contribution in [1.29, 1.82) is 0 Å². The number of rotatable bonds is 6. The molecule has 1 fully saturated rings. The largest absolute Gasteiger partial charge is 0.444 e. The second-order valence-electron chi connectivity index (χ2n) is 9.57. The Morgan fingerprint density at radius 2 is 1.88 bits per heavy atom. The first-order chi connectivity index (χ1) is 15.4. The zero-order chi connectivity index (χ0) is 24.4. The van der Waals surface area contributed by atoms with Gasteiger partial charge in [0, 0.05) is 11.1 Å². The highest BCUT2D eigenvalue weighted by molar-refractivity contribution is 7.89. The highest BCUT2D eigenvalue weighted by atomic mass is 35.5. The van der Waals surface area contributed by atoms with Gasteiger partial charge in [0.15, 0.2) is 5.76 Å². The molecule has 33 heavy (non-hydrogen) atoms. The average Bonchev–Trinajstić information content (AvgIpc) is 3.04. The van der Waals surface area contributed by atoms with Crippen LogP contribution in [0.5, 0.6) is 0 Å². The number of aryl methyl sites for hydroxylation is 2. The van der Waals surface area contributed by atoms with Crippen LogP contribution in [0.1, 0.15) is 69.5 Å². The van der Waals surface area contributed by atoms with Gasteiger partial charge >= 0.3 is 6.09 Å². The Balaban J connectivity index is 1.71. The minimum atomic E-state index is -3.73. The van der Waals surface area contributed by atoms with Crippen LogP contribution in [0.15, 0.2) is 33.7 Å². The third kappa shape index (κ3) is 6.71. The van der Waals surface area contributed by atoms with Gasteiger partial charge in [0.05, 0.1) is 6.04 Å². The molecule has 0 radical (unpaired) electrons. The first kappa shape index (κ1) is 25.5. The molecule has 8 nitrogen and oxygen atoms in total. The van der Waals surface area contributed by atoms with Crippen LogP contribution in [0.25, 0.3) is 0 Å². The Bertz CT molecular complexity index is 1070. The lowest BCUT2D eigenvalue weighted by Crippen LogP contribution is -2.42. The topological polar surface area (TPSA) is 111 Å². The van der Waals surface area contributed by atoms with Gasteiger partial charge < -0.3 is 14.6 Å². The van der Waals surface area contributed by atoms with Crippen molar-refractivity contribution >= 4 is 27.7 Å². The summed E-state index contributed by atoms with van der Waals surface area (Å²) in [5.74, 6) is 0.382. The summed E-state index contributed by atoms with van der Waals surface area (Å²) in [7, 11) is -3.73. The van der Waals surface area contributed by atoms with Crippen molar-refractivity contribution < 1.29 is 22.5 Å². The Hall–Kier alpha value is -2.10. The molecule has 0 saturated heterocycles. The van der Waals surface area contributed by atoms with Crippen molar-refractivity contribution in [2.45, 2.75) is 82.9 Å². The van der Waals surface area contributed by atoms with Crippen molar-refractivity contribution in [1.82, 2.24) is 15.2 Å². The van der Waals surface area contributed by atoms with Gasteiger partial charge in [-0.2, -0.15) is 0 Å². The number of hydrogen-bond donors (Lipinski definition) is 2. The van der Waals surface area contributed by atoms with E-state index in [4.69, 9.17) is 20.9 Å². The Morgan fingerprint density at radius 3 is 2.42 bits per heavy atom. The molecule has 1 aliphatic rings. The number of alkyl carbamates (subject to hydrolysis) is 1. The smallest absolute Gasteiger partial charge is 0.408 e. The molecule has 1 aliphatic carbocycles. The van der Waals surface area contributed by atoms with Crippen LogP contribution in [0, 0.1) is 19.8 Å². The Kier molecular flexibility index (Phi) is 7.76. The molecule has 1 aromatic heterocycles. The van der Waals surface area contributed by atoms with Gasteiger partial charge in [0.2, 0.25) is 10.0 Å². The molecule has 1 aromatic carbocycles. The zero-order valence-electron chi connectivity index (χ0n) is 19.6. The number of sulfonamides is 1. The molecule has 1 saturated carbocycles. The summed E-state index contributed by atoms with van der Waals surface area (Å²) in [6.45, 7) is 8.65. The van der Waals surface area contributed by atoms with Gasteiger partial charge in [-0.3, -0.25) is 0 Å². The highest BCUT2D eigenvalue weighted by Gasteiger charge is 2.34. The lowest BCUT2D eigenvalue weighted by atomic mass is 9.79. The first-order valence-electron chi connectivity index (χ1n) is 11.1. The number of ether oxygens (including phenoxy) is 1. The van der Waals surface area contributed by atoms with Gasteiger partial charge in [-0.05, 0) is 83.9 Å². The molecule has 1 heterocycles. The number of benzene rings is 1. The van der Waals surface area contributed by atoms with E-state index in [0.717, 1.165) is 18.4 Å². The molecule has 3 rings (SSSR count). The van der Waals surface area contributed by atoms with E-state index in [1.165, 1.54) is 0 Å². The molecule has 1 unspecified atom stereocenters. The Morgan fingerprint density at radius 1 is 1.21 bits per heavy atom. The van der Waals surface area contributed by atoms with Crippen LogP contribution in [-0.2, 0) is 14.8 Å². The second kappa shape index (κ2) is 10.0. The van der Waals surface area contributed by atoms with E-state index in [1.54, 1.807) is 19.9 Å². The SMILES string of the molecule is Cc1noc(C)c1S(=O)(=O)NC1CCC(C(NC(=O)OC(C)(C)C)c2cccc(Cl)c2)CC1. The van der Waals surface area contributed by atoms with Crippen molar-refractivity contribution in [3.8, 4) is 0 Å². The lowest BCUT2D eigenvalue weighted by Gasteiger charge is -2.35. The van der Waals surface area contributed by atoms with Crippen LogP contribution in [0.4, 0.5) is 4.79 Å². The first-order valence-corrected chi connectivity index (χ1v) is 12.9. The monoisotopic (exact) mass is 497 g/mol. The fraction of sp³-hybridized carbons (Fsp3) is 0.565. The zero-order valence-corrected chi connectivity index (χ0v) is 21.2. The molecule has 0 bridgehead atoms. The van der Waals surface area contributed by atoms with Gasteiger partial charge in [0.25, 0.3) is 0 Å². The third-order valence-corrected chi connectivity index (χ3v) is 7.68. The van der Waals surface area contributed by atoms with Gasteiger partial charge in [-0.15, -0.1) is 0 Å². The number of nitrogens with one attached hydrogen (secondary N) is 2. The van der Waals surface area contributed by atoms with E-state index < -0.39 is 21.7 Å². The highest BCUT2D eigenvalue weighted by Crippen LogP contribution is 2.36. The molecule has 182 valence electrons. The number of carbonyl (C=O) groups is 1. The second-order valence-corrected chi connectivity index (χ2v) is 11.7. The molecule has 1 amide bonds. The number of carbonyl (C=O) groups excluding carboxylic acids is 1. The fourth-order valence-electron chi connectivity index (χ4n) is 4.31. The van der Waals surface area contributed by atoms with E-state index in [0.29, 0.717) is 23.6 Å². The average molecular weight is 498 g/mol. The number of halogens is 1. The van der Waals surface area contributed by atoms with E-state index in [-0.39, 0.29) is 28.7 Å². The van der Waals surface area contributed by atoms with Crippen LogP contribution < -0.4 is 10.0 Å². The summed E-state index contributed by atoms with van der Waals surface area (Å²) >= 11 is 6.21. The summed E-state index contributed by atoms with van der Waals surface area (Å²) < 4.78 is 39.0. The van der Waals surface area contributed by atoms with E-state index >= 15 is 0 Å². The van der Waals surface area contributed by atoms with E-state index in [2.05, 4.69) is 15.2 Å². The van der Waals surface area contributed by atoms with Crippen molar-refractivity contribution in [2.24, 2.45) is 5.92 Å². The lowest BCUT2D eigenvalue weighted by molar-refractivity contribution is 0.0474. The van der Waals surface area contributed by atoms with Crippen LogP contribution in [0.2, 0.25) is 5.02 Å². The quantitative estimate of drug-likeness (QED) is 0.577. The standard InChI is InChI=1S/C23H32ClN3O5S/c1-14-21(15(2)32-26-14)33(29,30)27-19-11-9-16(10-12-19)20(17-7-6-8-18(24)13-17)25-22(28)31-23(3,4)5/h6-8,13,16,19-20,27H,9-12H2,1-5H3,(H,25,28). The van der Waals surface area contributed by atoms with Gasteiger partial charge in [0.1, 0.15) is 16.2 Å². The van der Waals surface area contributed by atoms with Crippen LogP contribution >= 0.6 is 11.6 Å². The molecule has 1 atom stereocenters. The predicted octanol–water partition coefficient (Wildman–Crippen LogP) is 5.05. The number of hydrogen-bond acceptors (Lipinski definition) is 6. The predicted molar refractivity (Wildman–Crippen MR) is 126 cm³/mol. The number of aromatic nitrogens is 1. The van der Waals surface area contributed by atoms with Gasteiger partial charge in [-0.1, -0.05) is 28.9 Å². The molecule has 2 aromatic rings. The Labute approximate surface area is 200 Å². The minimum Gasteiger partial charge on any atom is -0.444 e. The maximum atomic E-state index is 12.9. The van der Waals surface area contributed by atoms with Crippen molar-refractivity contribution in [2.75, 3.05) is 0 Å². The molecule has 0 spiro atoms. The number of nitrogens with zero attached hydrogens (tertiary/aromatic N) is 1. The van der Waals surface area contributed by atoms with Crippen LogP contribution in [-0.4, -0.2) is 31.3 Å². The summed E-state index contributed by atoms with van der Waals surface area (Å²) in [5, 5.41) is 7.34. The fourth-order valence-corrected chi connectivity index (χ4v) is 6.15. The summed E-state index contributed by atoms with van der Waals surface area (Å²) in [6, 6.07) is 6.91. The molecule has 0 aliphatic heterocycles. The number of amides is 1. The van der Waals surface area contributed by atoms with Gasteiger partial charge in [-0.25, -0.2) is 17.9 Å². The minimum absolute atomic E-state index is 0.105. The van der Waals surface area contributed by atoms with E-state index in [9.17, 15) is 13.2 Å². The van der Waals surface area contributed by atoms with Crippen molar-refractivity contribution in [3.63, 3.8) is 0 Å². The summed E-state index contributed by atoms with van der Waals surface area (Å²) in [5.41, 5.74) is 0.626. The molecule has 10 heteroatoms. The van der Waals surface area contributed by atoms with Crippen LogP contribution in [0.3, 0.4) is 0 Å². The normalized spacial score (nSPS) is 20.3. The third-order valence-electron chi connectivity index (χ3n) is 5.68. The molecular formula is C23H32ClN3O5S. The molecule has 2 N–H and O–H groups in total. The van der Waals surface area contributed by atoms with E-state index in [1.807, 2.05) is 39.0 Å². The molecular weight excluding hydrogens is 466 g/mol. The summed E-state index contributed by atoms with van der Waals surface area (Å²) in [6.07, 6.45) is 2.23.